The average molecular weight is 484 g/mol. The topological polar surface area (TPSA) is 59.6 Å². The Labute approximate surface area is 209 Å². The van der Waals surface area contributed by atoms with Crippen LogP contribution in [-0.4, -0.2) is 123 Å². The summed E-state index contributed by atoms with van der Waals surface area (Å²) < 4.78 is 5.30. The molecule has 2 amide bonds. The van der Waals surface area contributed by atoms with Crippen molar-refractivity contribution in [3.8, 4) is 0 Å². The van der Waals surface area contributed by atoms with Crippen molar-refractivity contribution in [1.29, 1.82) is 0 Å². The molecule has 0 bridgehead atoms. The number of methoxy groups -OCH3 is 1. The second-order valence-corrected chi connectivity index (χ2v) is 10.6. The zero-order chi connectivity index (χ0) is 24.2. The van der Waals surface area contributed by atoms with E-state index in [0.717, 1.165) is 89.0 Å². The molecule has 192 valence electrons. The maximum Gasteiger partial charge on any atom is 0.254 e. The lowest BCUT2D eigenvalue weighted by Gasteiger charge is -2.43. The molecule has 3 heterocycles. The van der Waals surface area contributed by atoms with Crippen LogP contribution in [0.1, 0.15) is 42.5 Å². The van der Waals surface area contributed by atoms with Gasteiger partial charge in [-0.2, -0.15) is 0 Å². The van der Waals surface area contributed by atoms with Gasteiger partial charge in [-0.15, -0.1) is 0 Å². The molecule has 1 saturated carbocycles. The Morgan fingerprint density at radius 3 is 2.20 bits per heavy atom. The van der Waals surface area contributed by atoms with Crippen LogP contribution in [0.15, 0.2) is 24.3 Å². The van der Waals surface area contributed by atoms with Crippen LogP contribution in [0.2, 0.25) is 0 Å². The van der Waals surface area contributed by atoms with E-state index in [1.54, 1.807) is 7.11 Å². The molecule has 0 aromatic heterocycles. The number of hydrogen-bond donors (Lipinski definition) is 0. The fraction of sp³-hybridized carbons (Fsp3) is 0.704. The Morgan fingerprint density at radius 1 is 0.857 bits per heavy atom. The van der Waals surface area contributed by atoms with Crippen molar-refractivity contribution in [2.45, 2.75) is 44.2 Å². The largest absolute Gasteiger partial charge is 0.383 e. The van der Waals surface area contributed by atoms with Crippen LogP contribution in [-0.2, 0) is 9.53 Å². The van der Waals surface area contributed by atoms with Gasteiger partial charge in [0.1, 0.15) is 0 Å². The number of benzene rings is 1. The van der Waals surface area contributed by atoms with Crippen LogP contribution in [0, 0.1) is 0 Å². The number of hydrogen-bond acceptors (Lipinski definition) is 6. The Kier molecular flexibility index (Phi) is 7.90. The third-order valence-corrected chi connectivity index (χ3v) is 8.47. The van der Waals surface area contributed by atoms with E-state index in [0.29, 0.717) is 13.2 Å². The minimum Gasteiger partial charge on any atom is -0.383 e. The van der Waals surface area contributed by atoms with Crippen molar-refractivity contribution in [3.63, 3.8) is 0 Å². The summed E-state index contributed by atoms with van der Waals surface area (Å²) in [5, 5.41) is 0. The van der Waals surface area contributed by atoms with Crippen molar-refractivity contribution in [1.82, 2.24) is 19.6 Å². The second kappa shape index (κ2) is 11.3. The number of rotatable bonds is 7. The number of anilines is 1. The standard InChI is InChI=1S/C27H41N5O3/c1-35-21-25-6-3-11-32(25)27(34)22-7-9-24(10-8-22)29-14-12-28(13-15-29)20-26(33)31-18-16-30(17-19-31)23-4-2-5-23/h7-10,23,25H,2-6,11-21H2,1H3/t25-/m1/s1. The predicted molar refractivity (Wildman–Crippen MR) is 137 cm³/mol. The van der Waals surface area contributed by atoms with Crippen molar-refractivity contribution < 1.29 is 14.3 Å². The molecule has 8 heteroatoms. The second-order valence-electron chi connectivity index (χ2n) is 10.6. The van der Waals surface area contributed by atoms with Gasteiger partial charge in [0.15, 0.2) is 0 Å². The molecule has 0 N–H and O–H groups in total. The van der Waals surface area contributed by atoms with Gasteiger partial charge in [0.25, 0.3) is 5.91 Å². The fourth-order valence-corrected chi connectivity index (χ4v) is 5.99. The summed E-state index contributed by atoms with van der Waals surface area (Å²) in [6.45, 7) is 9.36. The maximum atomic E-state index is 13.0. The monoisotopic (exact) mass is 483 g/mol. The first-order valence-electron chi connectivity index (χ1n) is 13.5. The highest BCUT2D eigenvalue weighted by Gasteiger charge is 2.31. The maximum absolute atomic E-state index is 13.0. The van der Waals surface area contributed by atoms with Crippen molar-refractivity contribution in [2.24, 2.45) is 0 Å². The molecule has 4 aliphatic rings. The Morgan fingerprint density at radius 2 is 1.57 bits per heavy atom. The summed E-state index contributed by atoms with van der Waals surface area (Å²) >= 11 is 0. The molecule has 8 nitrogen and oxygen atoms in total. The number of piperazine rings is 2. The van der Waals surface area contributed by atoms with E-state index in [9.17, 15) is 9.59 Å². The minimum atomic E-state index is 0.105. The molecule has 1 atom stereocenters. The highest BCUT2D eigenvalue weighted by molar-refractivity contribution is 5.95. The lowest BCUT2D eigenvalue weighted by molar-refractivity contribution is -0.134. The molecule has 3 aliphatic heterocycles. The number of carbonyl (C=O) groups excluding carboxylic acids is 2. The minimum absolute atomic E-state index is 0.105. The number of likely N-dealkylation sites (tertiary alicyclic amines) is 1. The third-order valence-electron chi connectivity index (χ3n) is 8.47. The molecular weight excluding hydrogens is 442 g/mol. The molecule has 5 rings (SSSR count). The number of amides is 2. The lowest BCUT2D eigenvalue weighted by Crippen LogP contribution is -2.56. The first-order valence-corrected chi connectivity index (χ1v) is 13.5. The molecule has 1 aliphatic carbocycles. The van der Waals surface area contributed by atoms with Crippen molar-refractivity contribution in [2.75, 3.05) is 84.1 Å². The summed E-state index contributed by atoms with van der Waals surface area (Å²) in [6, 6.07) is 9.02. The van der Waals surface area contributed by atoms with E-state index in [2.05, 4.69) is 31.7 Å². The van der Waals surface area contributed by atoms with E-state index in [1.807, 2.05) is 17.0 Å². The summed E-state index contributed by atoms with van der Waals surface area (Å²) in [6.07, 6.45) is 6.10. The average Bonchev–Trinajstić information content (AvgIpc) is 3.32. The zero-order valence-corrected chi connectivity index (χ0v) is 21.2. The summed E-state index contributed by atoms with van der Waals surface area (Å²) in [4.78, 5) is 37.1. The van der Waals surface area contributed by atoms with Crippen molar-refractivity contribution >= 4 is 17.5 Å². The van der Waals surface area contributed by atoms with Crippen LogP contribution in [0.3, 0.4) is 0 Å². The van der Waals surface area contributed by atoms with Gasteiger partial charge in [0.05, 0.1) is 19.2 Å². The van der Waals surface area contributed by atoms with Gasteiger partial charge < -0.3 is 19.4 Å². The van der Waals surface area contributed by atoms with E-state index >= 15 is 0 Å². The zero-order valence-electron chi connectivity index (χ0n) is 21.2. The molecular formula is C27H41N5O3. The Balaban J connectivity index is 1.06. The van der Waals surface area contributed by atoms with Gasteiger partial charge in [-0.05, 0) is 49.9 Å². The van der Waals surface area contributed by atoms with Crippen molar-refractivity contribution in [3.05, 3.63) is 29.8 Å². The highest BCUT2D eigenvalue weighted by Crippen LogP contribution is 2.26. The van der Waals surface area contributed by atoms with E-state index < -0.39 is 0 Å². The van der Waals surface area contributed by atoms with E-state index in [1.165, 1.54) is 19.3 Å². The van der Waals surface area contributed by atoms with Gasteiger partial charge in [-0.25, -0.2) is 0 Å². The van der Waals surface area contributed by atoms with Gasteiger partial charge in [-0.3, -0.25) is 19.4 Å². The van der Waals surface area contributed by atoms with Gasteiger partial charge >= 0.3 is 0 Å². The van der Waals surface area contributed by atoms with Crippen LogP contribution in [0.25, 0.3) is 0 Å². The molecule has 0 spiro atoms. The highest BCUT2D eigenvalue weighted by atomic mass is 16.5. The lowest BCUT2D eigenvalue weighted by atomic mass is 9.91. The summed E-state index contributed by atoms with van der Waals surface area (Å²) in [7, 11) is 1.70. The third kappa shape index (κ3) is 5.65. The Bertz CT molecular complexity index is 858. The van der Waals surface area contributed by atoms with Crippen LogP contribution in [0.5, 0.6) is 0 Å². The van der Waals surface area contributed by atoms with E-state index in [4.69, 9.17) is 4.74 Å². The molecule has 0 unspecified atom stereocenters. The normalized spacial score (nSPS) is 24.6. The summed E-state index contributed by atoms with van der Waals surface area (Å²) in [5.41, 5.74) is 1.90. The number of ether oxygens (including phenoxy) is 1. The van der Waals surface area contributed by atoms with Gasteiger partial charge in [0.2, 0.25) is 5.91 Å². The molecule has 0 radical (unpaired) electrons. The molecule has 1 aromatic carbocycles. The molecule has 3 saturated heterocycles. The van der Waals surface area contributed by atoms with Crippen LogP contribution in [0.4, 0.5) is 5.69 Å². The van der Waals surface area contributed by atoms with Crippen LogP contribution >= 0.6 is 0 Å². The van der Waals surface area contributed by atoms with Crippen LogP contribution < -0.4 is 4.90 Å². The molecule has 35 heavy (non-hydrogen) atoms. The fourth-order valence-electron chi connectivity index (χ4n) is 5.99. The van der Waals surface area contributed by atoms with E-state index in [-0.39, 0.29) is 17.9 Å². The first kappa shape index (κ1) is 24.5. The van der Waals surface area contributed by atoms with Gasteiger partial charge in [0, 0.05) is 83.3 Å². The number of carbonyl (C=O) groups is 2. The number of nitrogens with zero attached hydrogens (tertiary/aromatic N) is 5. The quantitative estimate of drug-likeness (QED) is 0.589. The first-order chi connectivity index (χ1) is 17.1. The molecule has 1 aromatic rings. The van der Waals surface area contributed by atoms with Gasteiger partial charge in [-0.1, -0.05) is 6.42 Å². The summed E-state index contributed by atoms with van der Waals surface area (Å²) in [5.74, 6) is 0.385. The smallest absolute Gasteiger partial charge is 0.254 e. The Hall–Kier alpha value is -2.16. The predicted octanol–water partition coefficient (Wildman–Crippen LogP) is 1.76. The molecule has 4 fully saturated rings. The SMILES string of the molecule is COC[C@H]1CCCN1C(=O)c1ccc(N2CCN(CC(=O)N3CCN(C4CCC4)CC3)CC2)cc1.